The molecule has 0 aromatic carbocycles. The van der Waals surface area contributed by atoms with E-state index in [0.717, 1.165) is 0 Å². The molecule has 56 heavy (non-hydrogen) atoms. The maximum absolute atomic E-state index is 13.6. The van der Waals surface area contributed by atoms with Gasteiger partial charge in [0.15, 0.2) is 5.96 Å². The first-order valence-corrected chi connectivity index (χ1v) is 17.8. The van der Waals surface area contributed by atoms with E-state index in [1.165, 1.54) is 0 Å². The maximum Gasteiger partial charge on any atom is 0.326 e. The van der Waals surface area contributed by atoms with Crippen LogP contribution in [0.2, 0.25) is 0 Å². The normalized spacial score (nSPS) is 14.0. The minimum absolute atomic E-state index is 0.0112. The van der Waals surface area contributed by atoms with E-state index in [-0.39, 0.29) is 50.7 Å². The largest absolute Gasteiger partial charge is 0.481 e. The summed E-state index contributed by atoms with van der Waals surface area (Å²) in [7, 11) is 0. The average molecular weight is 804 g/mol. The maximum atomic E-state index is 13.6. The fraction of sp³-hybridized carbons (Fsp3) is 0.688. The Morgan fingerprint density at radius 2 is 1.18 bits per heavy atom. The smallest absolute Gasteiger partial charge is 0.326 e. The Bertz CT molecular complexity index is 1390. The number of carbonyl (C=O) groups excluding carboxylic acids is 6. The first-order valence-electron chi connectivity index (χ1n) is 17.8. The molecular formula is C32H57N11O13. The Labute approximate surface area is 322 Å². The Hall–Kier alpha value is -5.62. The molecule has 6 amide bonds. The molecule has 24 nitrogen and oxygen atoms in total. The van der Waals surface area contributed by atoms with E-state index >= 15 is 0 Å². The zero-order chi connectivity index (χ0) is 43.0. The molecule has 0 fully saturated rings. The number of guanidine groups is 1. The van der Waals surface area contributed by atoms with Crippen molar-refractivity contribution < 1.29 is 63.6 Å². The Morgan fingerprint density at radius 1 is 0.643 bits per heavy atom. The zero-order valence-corrected chi connectivity index (χ0v) is 31.5. The van der Waals surface area contributed by atoms with Crippen LogP contribution in [0.5, 0.6) is 0 Å². The average Bonchev–Trinajstić information content (AvgIpc) is 3.10. The van der Waals surface area contributed by atoms with Gasteiger partial charge >= 0.3 is 17.9 Å². The number of rotatable bonds is 29. The number of aliphatic imine (C=N–C) groups is 1. The van der Waals surface area contributed by atoms with Gasteiger partial charge in [-0.1, -0.05) is 13.8 Å². The van der Waals surface area contributed by atoms with Crippen LogP contribution in [0.1, 0.15) is 71.6 Å². The van der Waals surface area contributed by atoms with E-state index in [0.29, 0.717) is 12.8 Å². The Morgan fingerprint density at radius 3 is 1.70 bits per heavy atom. The molecule has 0 radical (unpaired) electrons. The quantitative estimate of drug-likeness (QED) is 0.0190. The fourth-order valence-corrected chi connectivity index (χ4v) is 4.87. The molecule has 6 atom stereocenters. The number of carboxylic acids is 3. The van der Waals surface area contributed by atoms with Crippen LogP contribution in [-0.4, -0.2) is 142 Å². The number of carbonyl (C=O) groups is 9. The van der Waals surface area contributed by atoms with Gasteiger partial charge in [-0.25, -0.2) is 4.79 Å². The van der Waals surface area contributed by atoms with Crippen molar-refractivity contribution in [3.63, 3.8) is 0 Å². The molecule has 0 aliphatic rings. The molecule has 0 aliphatic heterocycles. The molecule has 24 heteroatoms. The fourth-order valence-electron chi connectivity index (χ4n) is 4.87. The first kappa shape index (κ1) is 50.4. The van der Waals surface area contributed by atoms with E-state index in [1.54, 1.807) is 13.8 Å². The summed E-state index contributed by atoms with van der Waals surface area (Å²) in [5, 5.41) is 51.1. The minimum atomic E-state index is -1.64. The highest BCUT2D eigenvalue weighted by Gasteiger charge is 2.32. The second-order valence-corrected chi connectivity index (χ2v) is 13.1. The molecule has 0 aromatic heterocycles. The third kappa shape index (κ3) is 21.9. The number of nitrogens with one attached hydrogen (secondary N) is 6. The monoisotopic (exact) mass is 803 g/mol. The van der Waals surface area contributed by atoms with Gasteiger partial charge in [-0.2, -0.15) is 0 Å². The molecule has 0 spiro atoms. The highest BCUT2D eigenvalue weighted by Crippen LogP contribution is 2.10. The van der Waals surface area contributed by atoms with Crippen molar-refractivity contribution in [1.29, 1.82) is 0 Å². The number of hydrogen-bond acceptors (Lipinski definition) is 13. The lowest BCUT2D eigenvalue weighted by Gasteiger charge is -2.27. The van der Waals surface area contributed by atoms with Crippen molar-refractivity contribution in [3.05, 3.63) is 0 Å². The van der Waals surface area contributed by atoms with Gasteiger partial charge in [-0.05, 0) is 57.4 Å². The van der Waals surface area contributed by atoms with Crippen LogP contribution in [0.3, 0.4) is 0 Å². The number of aliphatic hydroxyl groups excluding tert-OH is 1. The number of nitrogens with two attached hydrogens (primary N) is 4. The number of nitrogens with zero attached hydrogens (tertiary/aromatic N) is 1. The molecule has 318 valence electrons. The minimum Gasteiger partial charge on any atom is -0.481 e. The van der Waals surface area contributed by atoms with E-state index in [9.17, 15) is 58.5 Å². The second-order valence-electron chi connectivity index (χ2n) is 13.1. The summed E-state index contributed by atoms with van der Waals surface area (Å²) in [5.74, 6) is -10.3. The molecule has 0 unspecified atom stereocenters. The molecule has 18 N–H and O–H groups in total. The van der Waals surface area contributed by atoms with E-state index < -0.39 is 122 Å². The van der Waals surface area contributed by atoms with Crippen LogP contribution in [-0.2, 0) is 43.2 Å². The van der Waals surface area contributed by atoms with E-state index in [4.69, 9.17) is 28.0 Å². The lowest BCUT2D eigenvalue weighted by atomic mass is 10.0. The van der Waals surface area contributed by atoms with Crippen molar-refractivity contribution in [3.8, 4) is 0 Å². The number of hydrogen-bond donors (Lipinski definition) is 14. The van der Waals surface area contributed by atoms with Gasteiger partial charge in [0.1, 0.15) is 30.2 Å². The zero-order valence-electron chi connectivity index (χ0n) is 31.5. The molecule has 0 aliphatic carbocycles. The van der Waals surface area contributed by atoms with Crippen LogP contribution in [0, 0.1) is 5.92 Å². The summed E-state index contributed by atoms with van der Waals surface area (Å²) < 4.78 is 0. The number of aliphatic hydroxyl groups is 1. The van der Waals surface area contributed by atoms with Gasteiger partial charge in [0, 0.05) is 13.0 Å². The van der Waals surface area contributed by atoms with Crippen molar-refractivity contribution >= 4 is 59.3 Å². The van der Waals surface area contributed by atoms with Gasteiger partial charge in [0.05, 0.1) is 25.6 Å². The van der Waals surface area contributed by atoms with Gasteiger partial charge in [0.2, 0.25) is 35.4 Å². The summed E-state index contributed by atoms with van der Waals surface area (Å²) in [6, 6.07) is -8.67. The summed E-state index contributed by atoms with van der Waals surface area (Å²) >= 11 is 0. The molecule has 0 rings (SSSR count). The van der Waals surface area contributed by atoms with E-state index in [1.807, 2.05) is 5.32 Å². The summed E-state index contributed by atoms with van der Waals surface area (Å²) in [5.41, 5.74) is 21.6. The number of amides is 6. The van der Waals surface area contributed by atoms with Crippen LogP contribution in [0.4, 0.5) is 0 Å². The molecule has 0 aromatic rings. The van der Waals surface area contributed by atoms with Crippen LogP contribution in [0.25, 0.3) is 0 Å². The lowest BCUT2D eigenvalue weighted by molar-refractivity contribution is -0.142. The van der Waals surface area contributed by atoms with E-state index in [2.05, 4.69) is 31.6 Å². The van der Waals surface area contributed by atoms with Gasteiger partial charge in [-0.15, -0.1) is 0 Å². The number of carboxylic acid groups (broad SMARTS) is 3. The van der Waals surface area contributed by atoms with Crippen LogP contribution in [0.15, 0.2) is 4.99 Å². The number of unbranched alkanes of at least 4 members (excludes halogenated alkanes) is 1. The van der Waals surface area contributed by atoms with Crippen molar-refractivity contribution in [1.82, 2.24) is 31.9 Å². The van der Waals surface area contributed by atoms with Crippen LogP contribution >= 0.6 is 0 Å². The SMILES string of the molecule is CC(C)C[C@H](NC(=O)[C@H](CCC(=O)O)NC(=O)CNC(=O)[C@H](CO)NC(=O)[C@@H](N)CC(=O)O)C(=O)N[C@@H](CCCCN)C(=O)N[C@@H](CCCN=C(N)N)C(=O)O. The standard InChI is InChI=1S/C32H57N11O13/c1-16(2)12-21(30(54)40-18(6-3-4-10-33)28(52)41-20(31(55)56)7-5-11-37-32(35)36)42-29(53)19(8-9-24(46)47)39-23(45)14-38-27(51)22(15-44)43-26(50)17(34)13-25(48)49/h16-22,44H,3-15,33-34H2,1-2H3,(H,38,51)(H,39,45)(H,40,54)(H,41,52)(H,42,53)(H,43,50)(H,46,47)(H,48,49)(H,55,56)(H4,35,36,37)/t17-,18-,19-,20-,21-,22-/m0/s1. The summed E-state index contributed by atoms with van der Waals surface area (Å²) in [6.07, 6.45) is -0.777. The highest BCUT2D eigenvalue weighted by molar-refractivity contribution is 5.96. The van der Waals surface area contributed by atoms with Gasteiger partial charge in [-0.3, -0.25) is 43.3 Å². The van der Waals surface area contributed by atoms with Crippen LogP contribution < -0.4 is 54.8 Å². The summed E-state index contributed by atoms with van der Waals surface area (Å²) in [6.45, 7) is 2.04. The topological polar surface area (TPSA) is 423 Å². The molecule has 0 heterocycles. The highest BCUT2D eigenvalue weighted by atomic mass is 16.4. The molecular weight excluding hydrogens is 746 g/mol. The second kappa shape index (κ2) is 27.0. The Kier molecular flexibility index (Phi) is 24.3. The lowest BCUT2D eigenvalue weighted by Crippen LogP contribution is -2.58. The predicted octanol–water partition coefficient (Wildman–Crippen LogP) is -5.50. The molecule has 0 bridgehead atoms. The first-order chi connectivity index (χ1) is 26.2. The molecule has 0 saturated heterocycles. The third-order valence-corrected chi connectivity index (χ3v) is 7.75. The van der Waals surface area contributed by atoms with Gasteiger partial charge in [0.25, 0.3) is 0 Å². The van der Waals surface area contributed by atoms with Crippen molar-refractivity contribution in [2.45, 2.75) is 108 Å². The third-order valence-electron chi connectivity index (χ3n) is 7.75. The number of aliphatic carboxylic acids is 3. The van der Waals surface area contributed by atoms with Crippen molar-refractivity contribution in [2.75, 3.05) is 26.2 Å². The molecule has 0 saturated carbocycles. The predicted molar refractivity (Wildman–Crippen MR) is 197 cm³/mol. The van der Waals surface area contributed by atoms with Crippen molar-refractivity contribution in [2.24, 2.45) is 33.8 Å². The summed E-state index contributed by atoms with van der Waals surface area (Å²) in [4.78, 5) is 116. The van der Waals surface area contributed by atoms with Gasteiger partial charge < -0.3 is 75.3 Å². The Balaban J connectivity index is 5.92.